The van der Waals surface area contributed by atoms with Crippen LogP contribution in [0.5, 0.6) is 0 Å². The Morgan fingerprint density at radius 2 is 1.69 bits per heavy atom. The molecular weight excluding hydrogens is 168 g/mol. The number of carbonyl (C=O) groups excluding carboxylic acids is 2. The first-order valence-corrected chi connectivity index (χ1v) is 4.47. The molecule has 0 radical (unpaired) electrons. The van der Waals surface area contributed by atoms with Gasteiger partial charge in [0.15, 0.2) is 0 Å². The second-order valence-corrected chi connectivity index (χ2v) is 3.62. The largest absolute Gasteiger partial charge is 0.369 e. The summed E-state index contributed by atoms with van der Waals surface area (Å²) in [5, 5.41) is 0. The van der Waals surface area contributed by atoms with Gasteiger partial charge in [0.2, 0.25) is 11.8 Å². The van der Waals surface area contributed by atoms with Crippen molar-refractivity contribution in [2.45, 2.75) is 33.6 Å². The first-order chi connectivity index (χ1) is 5.87. The van der Waals surface area contributed by atoms with Gasteiger partial charge in [-0.05, 0) is 19.3 Å². The topological polar surface area (TPSA) is 86.2 Å². The van der Waals surface area contributed by atoms with Crippen molar-refractivity contribution in [3.63, 3.8) is 0 Å². The van der Waals surface area contributed by atoms with Crippen LogP contribution in [0, 0.1) is 11.3 Å². The van der Waals surface area contributed by atoms with Gasteiger partial charge in [0, 0.05) is 0 Å². The Hall–Kier alpha value is -1.06. The van der Waals surface area contributed by atoms with E-state index in [1.807, 2.05) is 13.8 Å². The molecule has 0 fully saturated rings. The quantitative estimate of drug-likeness (QED) is 0.609. The molecule has 0 rings (SSSR count). The first-order valence-electron chi connectivity index (χ1n) is 4.47. The Morgan fingerprint density at radius 3 is 1.92 bits per heavy atom. The number of hydrogen-bond acceptors (Lipinski definition) is 2. The smallest absolute Gasteiger partial charge is 0.233 e. The predicted molar refractivity (Wildman–Crippen MR) is 50.6 cm³/mol. The van der Waals surface area contributed by atoms with Crippen LogP contribution in [0.1, 0.15) is 33.6 Å². The summed E-state index contributed by atoms with van der Waals surface area (Å²) in [5.41, 5.74) is 9.11. The van der Waals surface area contributed by atoms with E-state index in [0.717, 1.165) is 12.8 Å². The minimum Gasteiger partial charge on any atom is -0.369 e. The highest BCUT2D eigenvalue weighted by Crippen LogP contribution is 2.29. The minimum atomic E-state index is -1.21. The molecule has 1 unspecified atom stereocenters. The zero-order chi connectivity index (χ0) is 10.6. The van der Waals surface area contributed by atoms with E-state index in [4.69, 9.17) is 11.5 Å². The van der Waals surface area contributed by atoms with Crippen molar-refractivity contribution >= 4 is 11.8 Å². The van der Waals surface area contributed by atoms with Gasteiger partial charge in [-0.2, -0.15) is 0 Å². The molecule has 1 atom stereocenters. The number of carbonyl (C=O) groups is 2. The lowest BCUT2D eigenvalue weighted by Crippen LogP contribution is -2.49. The highest BCUT2D eigenvalue weighted by atomic mass is 16.2. The molecule has 13 heavy (non-hydrogen) atoms. The normalized spacial score (nSPS) is 13.8. The lowest BCUT2D eigenvalue weighted by molar-refractivity contribution is -0.142. The maximum Gasteiger partial charge on any atom is 0.233 e. The third kappa shape index (κ3) is 2.20. The van der Waals surface area contributed by atoms with Gasteiger partial charge in [-0.15, -0.1) is 0 Å². The molecule has 0 aromatic rings. The van der Waals surface area contributed by atoms with Gasteiger partial charge in [0.25, 0.3) is 0 Å². The Bertz CT molecular complexity index is 200. The van der Waals surface area contributed by atoms with Crippen molar-refractivity contribution in [3.8, 4) is 0 Å². The van der Waals surface area contributed by atoms with E-state index in [1.54, 1.807) is 0 Å². The van der Waals surface area contributed by atoms with Gasteiger partial charge in [-0.3, -0.25) is 9.59 Å². The maximum atomic E-state index is 11.1. The highest BCUT2D eigenvalue weighted by Gasteiger charge is 2.42. The van der Waals surface area contributed by atoms with Crippen molar-refractivity contribution in [1.82, 2.24) is 0 Å². The second kappa shape index (κ2) is 4.25. The fourth-order valence-corrected chi connectivity index (χ4v) is 1.33. The fraction of sp³-hybridized carbons (Fsp3) is 0.778. The summed E-state index contributed by atoms with van der Waals surface area (Å²) in [4.78, 5) is 22.2. The molecule has 0 saturated carbocycles. The molecule has 4 heteroatoms. The summed E-state index contributed by atoms with van der Waals surface area (Å²) in [6, 6.07) is 0. The molecule has 0 aromatic heterocycles. The molecule has 2 amide bonds. The van der Waals surface area contributed by atoms with Crippen molar-refractivity contribution < 1.29 is 9.59 Å². The standard InChI is InChI=1S/C9H18N2O2/c1-4-5-6(2)9(3,7(10)12)8(11)13/h6H,4-5H2,1-3H3,(H2,10,12)(H2,11,13). The van der Waals surface area contributed by atoms with Gasteiger partial charge >= 0.3 is 0 Å². The zero-order valence-electron chi connectivity index (χ0n) is 8.46. The number of hydrogen-bond donors (Lipinski definition) is 2. The minimum absolute atomic E-state index is 0.104. The van der Waals surface area contributed by atoms with Gasteiger partial charge < -0.3 is 11.5 Å². The van der Waals surface area contributed by atoms with E-state index < -0.39 is 17.2 Å². The number of rotatable bonds is 5. The van der Waals surface area contributed by atoms with Crippen molar-refractivity contribution in [2.24, 2.45) is 22.8 Å². The van der Waals surface area contributed by atoms with E-state index in [2.05, 4.69) is 0 Å². The Balaban J connectivity index is 4.79. The molecule has 0 aliphatic heterocycles. The Kier molecular flexibility index (Phi) is 3.91. The molecule has 0 aromatic carbocycles. The summed E-state index contributed by atoms with van der Waals surface area (Å²) < 4.78 is 0. The SMILES string of the molecule is CCCC(C)C(C)(C(N)=O)C(N)=O. The van der Waals surface area contributed by atoms with Crippen LogP contribution in [0.2, 0.25) is 0 Å². The molecule has 0 saturated heterocycles. The van der Waals surface area contributed by atoms with Crippen LogP contribution in [-0.2, 0) is 9.59 Å². The van der Waals surface area contributed by atoms with Gasteiger partial charge in [-0.25, -0.2) is 0 Å². The molecule has 0 aliphatic rings. The molecule has 0 heterocycles. The summed E-state index contributed by atoms with van der Waals surface area (Å²) in [5.74, 6) is -1.38. The number of nitrogens with two attached hydrogens (primary N) is 2. The average molecular weight is 186 g/mol. The molecular formula is C9H18N2O2. The molecule has 4 N–H and O–H groups in total. The van der Waals surface area contributed by atoms with E-state index in [9.17, 15) is 9.59 Å². The van der Waals surface area contributed by atoms with E-state index >= 15 is 0 Å². The number of amides is 2. The molecule has 4 nitrogen and oxygen atoms in total. The highest BCUT2D eigenvalue weighted by molar-refractivity contribution is 6.03. The van der Waals surface area contributed by atoms with Crippen molar-refractivity contribution in [1.29, 1.82) is 0 Å². The van der Waals surface area contributed by atoms with Gasteiger partial charge in [0.1, 0.15) is 5.41 Å². The van der Waals surface area contributed by atoms with Crippen LogP contribution < -0.4 is 11.5 Å². The average Bonchev–Trinajstić information content (AvgIpc) is 2.02. The molecule has 76 valence electrons. The zero-order valence-corrected chi connectivity index (χ0v) is 8.46. The van der Waals surface area contributed by atoms with Crippen molar-refractivity contribution in [3.05, 3.63) is 0 Å². The predicted octanol–water partition coefficient (Wildman–Crippen LogP) is 0.399. The summed E-state index contributed by atoms with van der Waals surface area (Å²) in [7, 11) is 0. The second-order valence-electron chi connectivity index (χ2n) is 3.62. The third-order valence-electron chi connectivity index (χ3n) is 2.73. The van der Waals surface area contributed by atoms with E-state index in [-0.39, 0.29) is 5.92 Å². The van der Waals surface area contributed by atoms with Gasteiger partial charge in [0.05, 0.1) is 0 Å². The summed E-state index contributed by atoms with van der Waals surface area (Å²) in [6.07, 6.45) is 1.67. The van der Waals surface area contributed by atoms with Crippen LogP contribution in [0.15, 0.2) is 0 Å². The lowest BCUT2D eigenvalue weighted by Gasteiger charge is -2.28. The van der Waals surface area contributed by atoms with Crippen LogP contribution in [0.4, 0.5) is 0 Å². The Labute approximate surface area is 78.7 Å². The summed E-state index contributed by atoms with van der Waals surface area (Å²) >= 11 is 0. The number of primary amides is 2. The van der Waals surface area contributed by atoms with Crippen LogP contribution in [-0.4, -0.2) is 11.8 Å². The van der Waals surface area contributed by atoms with Crippen LogP contribution in [0.3, 0.4) is 0 Å². The van der Waals surface area contributed by atoms with E-state index in [1.165, 1.54) is 6.92 Å². The fourth-order valence-electron chi connectivity index (χ4n) is 1.33. The van der Waals surface area contributed by atoms with Gasteiger partial charge in [-0.1, -0.05) is 20.3 Å². The molecule has 0 spiro atoms. The summed E-state index contributed by atoms with van der Waals surface area (Å²) in [6.45, 7) is 5.32. The van der Waals surface area contributed by atoms with Crippen LogP contribution >= 0.6 is 0 Å². The first kappa shape index (κ1) is 11.9. The van der Waals surface area contributed by atoms with Crippen LogP contribution in [0.25, 0.3) is 0 Å². The third-order valence-corrected chi connectivity index (χ3v) is 2.73. The van der Waals surface area contributed by atoms with E-state index in [0.29, 0.717) is 0 Å². The molecule has 0 bridgehead atoms. The Morgan fingerprint density at radius 1 is 1.31 bits per heavy atom. The molecule has 0 aliphatic carbocycles. The van der Waals surface area contributed by atoms with Crippen molar-refractivity contribution in [2.75, 3.05) is 0 Å². The monoisotopic (exact) mass is 186 g/mol. The lowest BCUT2D eigenvalue weighted by atomic mass is 9.74. The maximum absolute atomic E-state index is 11.1.